The quantitative estimate of drug-likeness (QED) is 0.717. The van der Waals surface area contributed by atoms with Gasteiger partial charge in [-0.1, -0.05) is 6.92 Å². The number of carbonyl (C=O) groups is 2. The minimum absolute atomic E-state index is 0.0221. The van der Waals surface area contributed by atoms with E-state index in [-0.39, 0.29) is 12.3 Å². The number of hydrogen-bond acceptors (Lipinski definition) is 3. The van der Waals surface area contributed by atoms with Crippen LogP contribution in [0.3, 0.4) is 0 Å². The number of hydrogen-bond donors (Lipinski definition) is 2. The van der Waals surface area contributed by atoms with E-state index >= 15 is 0 Å². The van der Waals surface area contributed by atoms with Crippen LogP contribution >= 0.6 is 11.8 Å². The average Bonchev–Trinajstić information content (AvgIpc) is 2.14. The van der Waals surface area contributed by atoms with E-state index in [9.17, 15) is 9.59 Å². The number of carboxylic acid groups (broad SMARTS) is 1. The van der Waals surface area contributed by atoms with E-state index in [0.717, 1.165) is 5.75 Å². The van der Waals surface area contributed by atoms with Crippen molar-refractivity contribution in [3.05, 3.63) is 0 Å². The van der Waals surface area contributed by atoms with Crippen molar-refractivity contribution >= 4 is 23.6 Å². The van der Waals surface area contributed by atoms with Crippen LogP contribution in [0, 0.1) is 11.3 Å². The molecule has 0 aliphatic rings. The lowest BCUT2D eigenvalue weighted by atomic mass is 9.89. The molecule has 0 saturated heterocycles. The molecule has 2 N–H and O–H groups in total. The fourth-order valence-electron chi connectivity index (χ4n) is 1.17. The van der Waals surface area contributed by atoms with Gasteiger partial charge in [-0.25, -0.2) is 0 Å². The first-order valence-electron chi connectivity index (χ1n) is 5.28. The Morgan fingerprint density at radius 2 is 2.00 bits per heavy atom. The van der Waals surface area contributed by atoms with Crippen molar-refractivity contribution in [1.82, 2.24) is 5.32 Å². The summed E-state index contributed by atoms with van der Waals surface area (Å²) in [5.74, 6) is 0.259. The Bertz CT molecular complexity index is 254. The summed E-state index contributed by atoms with van der Waals surface area (Å²) in [6.07, 6.45) is 2.04. The lowest BCUT2D eigenvalue weighted by molar-refractivity contribution is -0.149. The Labute approximate surface area is 101 Å². The van der Waals surface area contributed by atoms with Crippen molar-refractivity contribution in [1.29, 1.82) is 0 Å². The van der Waals surface area contributed by atoms with E-state index < -0.39 is 11.4 Å². The van der Waals surface area contributed by atoms with Gasteiger partial charge in [0.2, 0.25) is 5.91 Å². The van der Waals surface area contributed by atoms with Crippen LogP contribution < -0.4 is 5.32 Å². The first-order chi connectivity index (χ1) is 7.29. The number of nitrogens with one attached hydrogen (secondary N) is 1. The second-order valence-corrected chi connectivity index (χ2v) is 5.64. The van der Waals surface area contributed by atoms with Crippen LogP contribution in [0.25, 0.3) is 0 Å². The fraction of sp³-hybridized carbons (Fsp3) is 0.818. The molecule has 0 aliphatic carbocycles. The van der Waals surface area contributed by atoms with E-state index in [1.807, 2.05) is 6.26 Å². The number of carboxylic acids is 1. The van der Waals surface area contributed by atoms with Crippen LogP contribution in [-0.4, -0.2) is 35.5 Å². The van der Waals surface area contributed by atoms with Gasteiger partial charge >= 0.3 is 5.97 Å². The Hall–Kier alpha value is -0.710. The topological polar surface area (TPSA) is 66.4 Å². The van der Waals surface area contributed by atoms with Crippen molar-refractivity contribution in [3.8, 4) is 0 Å². The minimum Gasteiger partial charge on any atom is -0.481 e. The van der Waals surface area contributed by atoms with Crippen molar-refractivity contribution in [2.75, 3.05) is 18.6 Å². The number of carbonyl (C=O) groups excluding carboxylic acids is 1. The van der Waals surface area contributed by atoms with Gasteiger partial charge in [0.05, 0.1) is 5.41 Å². The van der Waals surface area contributed by atoms with Crippen molar-refractivity contribution in [3.63, 3.8) is 0 Å². The van der Waals surface area contributed by atoms with Gasteiger partial charge in [0.15, 0.2) is 0 Å². The highest BCUT2D eigenvalue weighted by Gasteiger charge is 2.29. The van der Waals surface area contributed by atoms with Crippen molar-refractivity contribution in [2.45, 2.75) is 27.2 Å². The van der Waals surface area contributed by atoms with Gasteiger partial charge in [0, 0.05) is 13.0 Å². The first kappa shape index (κ1) is 15.3. The maximum atomic E-state index is 11.5. The van der Waals surface area contributed by atoms with Crippen LogP contribution in [0.2, 0.25) is 0 Å². The monoisotopic (exact) mass is 247 g/mol. The molecule has 0 radical (unpaired) electrons. The van der Waals surface area contributed by atoms with E-state index in [1.165, 1.54) is 0 Å². The molecule has 1 amide bonds. The third-order valence-corrected chi connectivity index (χ3v) is 3.18. The molecule has 0 fully saturated rings. The lowest BCUT2D eigenvalue weighted by Crippen LogP contribution is -2.35. The Morgan fingerprint density at radius 1 is 1.44 bits per heavy atom. The van der Waals surface area contributed by atoms with Crippen LogP contribution in [0.5, 0.6) is 0 Å². The zero-order valence-electron chi connectivity index (χ0n) is 10.4. The zero-order valence-corrected chi connectivity index (χ0v) is 11.2. The highest BCUT2D eigenvalue weighted by Crippen LogP contribution is 2.20. The summed E-state index contributed by atoms with van der Waals surface area (Å²) >= 11 is 1.73. The number of amides is 1. The summed E-state index contributed by atoms with van der Waals surface area (Å²) in [5, 5.41) is 11.6. The summed E-state index contributed by atoms with van der Waals surface area (Å²) in [7, 11) is 0. The third-order valence-electron chi connectivity index (χ3n) is 2.28. The van der Waals surface area contributed by atoms with Gasteiger partial charge < -0.3 is 10.4 Å². The molecule has 0 saturated carbocycles. The number of aliphatic carboxylic acids is 1. The fourth-order valence-corrected chi connectivity index (χ4v) is 1.86. The molecule has 0 aromatic carbocycles. The Balaban J connectivity index is 3.96. The predicted octanol–water partition coefficient (Wildman–Crippen LogP) is 1.60. The average molecular weight is 247 g/mol. The molecule has 16 heavy (non-hydrogen) atoms. The summed E-state index contributed by atoms with van der Waals surface area (Å²) in [6.45, 7) is 5.77. The van der Waals surface area contributed by atoms with E-state index in [2.05, 4.69) is 12.2 Å². The van der Waals surface area contributed by atoms with Gasteiger partial charge in [-0.3, -0.25) is 9.59 Å². The van der Waals surface area contributed by atoms with Crippen LogP contribution in [0.1, 0.15) is 27.2 Å². The van der Waals surface area contributed by atoms with Gasteiger partial charge in [-0.05, 0) is 31.8 Å². The van der Waals surface area contributed by atoms with E-state index in [0.29, 0.717) is 12.5 Å². The summed E-state index contributed by atoms with van der Waals surface area (Å²) in [6, 6.07) is 0. The first-order valence-corrected chi connectivity index (χ1v) is 6.68. The molecule has 0 rings (SSSR count). The maximum absolute atomic E-state index is 11.5. The van der Waals surface area contributed by atoms with Gasteiger partial charge in [-0.15, -0.1) is 0 Å². The molecular formula is C11H21NO3S. The molecule has 1 atom stereocenters. The molecule has 1 unspecified atom stereocenters. The van der Waals surface area contributed by atoms with E-state index in [4.69, 9.17) is 5.11 Å². The molecule has 0 heterocycles. The molecule has 0 aliphatic heterocycles. The minimum atomic E-state index is -0.993. The van der Waals surface area contributed by atoms with Crippen molar-refractivity contribution < 1.29 is 14.7 Å². The molecule has 0 aromatic rings. The molecule has 4 nitrogen and oxygen atoms in total. The Kier molecular flexibility index (Phi) is 6.48. The summed E-state index contributed by atoms with van der Waals surface area (Å²) in [5.41, 5.74) is -0.993. The number of rotatable bonds is 7. The predicted molar refractivity (Wildman–Crippen MR) is 66.6 cm³/mol. The summed E-state index contributed by atoms with van der Waals surface area (Å²) in [4.78, 5) is 22.3. The molecule has 0 bridgehead atoms. The van der Waals surface area contributed by atoms with Crippen LogP contribution in [0.4, 0.5) is 0 Å². The molecule has 94 valence electrons. The third kappa shape index (κ3) is 6.00. The second-order valence-electron chi connectivity index (χ2n) is 4.73. The molecule has 0 aromatic heterocycles. The SMILES string of the molecule is CSCC(C)CNC(=O)CC(C)(C)C(=O)O. The molecule has 5 heteroatoms. The van der Waals surface area contributed by atoms with Gasteiger partial charge in [-0.2, -0.15) is 11.8 Å². The van der Waals surface area contributed by atoms with Gasteiger partial charge in [0.25, 0.3) is 0 Å². The summed E-state index contributed by atoms with van der Waals surface area (Å²) < 4.78 is 0. The van der Waals surface area contributed by atoms with E-state index in [1.54, 1.807) is 25.6 Å². The smallest absolute Gasteiger partial charge is 0.309 e. The lowest BCUT2D eigenvalue weighted by Gasteiger charge is -2.19. The highest BCUT2D eigenvalue weighted by molar-refractivity contribution is 7.98. The second kappa shape index (κ2) is 6.78. The highest BCUT2D eigenvalue weighted by atomic mass is 32.2. The molecule has 0 spiro atoms. The standard InChI is InChI=1S/C11H21NO3S/c1-8(7-16-4)6-12-9(13)5-11(2,3)10(14)15/h8H,5-7H2,1-4H3,(H,12,13)(H,14,15). The van der Waals surface area contributed by atoms with Crippen LogP contribution in [0.15, 0.2) is 0 Å². The van der Waals surface area contributed by atoms with Crippen LogP contribution in [-0.2, 0) is 9.59 Å². The normalized spacial score (nSPS) is 13.2. The zero-order chi connectivity index (χ0) is 12.8. The maximum Gasteiger partial charge on any atom is 0.309 e. The van der Waals surface area contributed by atoms with Gasteiger partial charge in [0.1, 0.15) is 0 Å². The molecular weight excluding hydrogens is 226 g/mol. The largest absolute Gasteiger partial charge is 0.481 e. The van der Waals surface area contributed by atoms with Crippen molar-refractivity contribution in [2.24, 2.45) is 11.3 Å². The Morgan fingerprint density at radius 3 is 2.44 bits per heavy atom. The number of thioether (sulfide) groups is 1.